The van der Waals surface area contributed by atoms with Crippen molar-refractivity contribution in [3.63, 3.8) is 0 Å². The van der Waals surface area contributed by atoms with E-state index in [2.05, 4.69) is 20.7 Å². The average molecular weight is 329 g/mol. The molecule has 0 aliphatic heterocycles. The standard InChI is InChI=1S/C9H11BrClNO3S/c1-3-15-9-7(10)4-6(11)5-8(9)12-16(2,13)14/h4-5,12H,3H2,1-2H3. The Bertz CT molecular complexity index is 490. The van der Waals surface area contributed by atoms with Crippen molar-refractivity contribution in [1.82, 2.24) is 0 Å². The zero-order valence-electron chi connectivity index (χ0n) is 8.75. The lowest BCUT2D eigenvalue weighted by Crippen LogP contribution is -2.11. The van der Waals surface area contributed by atoms with Gasteiger partial charge < -0.3 is 4.74 Å². The third-order valence-corrected chi connectivity index (χ3v) is 2.99. The molecule has 0 spiro atoms. The molecule has 0 bridgehead atoms. The van der Waals surface area contributed by atoms with Gasteiger partial charge in [-0.2, -0.15) is 0 Å². The van der Waals surface area contributed by atoms with Crippen LogP contribution >= 0.6 is 27.5 Å². The van der Waals surface area contributed by atoms with Gasteiger partial charge in [0.15, 0.2) is 5.75 Å². The lowest BCUT2D eigenvalue weighted by Gasteiger charge is -2.13. The summed E-state index contributed by atoms with van der Waals surface area (Å²) in [5.41, 5.74) is 0.323. The van der Waals surface area contributed by atoms with Gasteiger partial charge in [-0.25, -0.2) is 8.42 Å². The van der Waals surface area contributed by atoms with Crippen molar-refractivity contribution in [1.29, 1.82) is 0 Å². The van der Waals surface area contributed by atoms with Crippen LogP contribution in [0.4, 0.5) is 5.69 Å². The zero-order valence-corrected chi connectivity index (χ0v) is 11.9. The predicted molar refractivity (Wildman–Crippen MR) is 68.8 cm³/mol. The van der Waals surface area contributed by atoms with Gasteiger partial charge in [-0.15, -0.1) is 0 Å². The normalized spacial score (nSPS) is 11.2. The zero-order chi connectivity index (χ0) is 12.3. The Balaban J connectivity index is 3.23. The minimum Gasteiger partial charge on any atom is -0.490 e. The Morgan fingerprint density at radius 3 is 2.62 bits per heavy atom. The number of nitrogens with one attached hydrogen (secondary N) is 1. The minimum atomic E-state index is -3.36. The van der Waals surface area contributed by atoms with E-state index in [0.29, 0.717) is 27.5 Å². The molecule has 0 amide bonds. The van der Waals surface area contributed by atoms with Gasteiger partial charge in [0, 0.05) is 5.02 Å². The fourth-order valence-electron chi connectivity index (χ4n) is 1.13. The molecule has 0 atom stereocenters. The first-order valence-corrected chi connectivity index (χ1v) is 7.49. The van der Waals surface area contributed by atoms with Crippen LogP contribution in [0.25, 0.3) is 0 Å². The van der Waals surface area contributed by atoms with Crippen LogP contribution in [0.2, 0.25) is 5.02 Å². The van der Waals surface area contributed by atoms with Crippen molar-refractivity contribution in [2.24, 2.45) is 0 Å². The summed E-state index contributed by atoms with van der Waals surface area (Å²) in [6.45, 7) is 2.24. The van der Waals surface area contributed by atoms with E-state index < -0.39 is 10.0 Å². The molecule has 0 heterocycles. The molecule has 4 nitrogen and oxygen atoms in total. The second-order valence-electron chi connectivity index (χ2n) is 3.07. The van der Waals surface area contributed by atoms with Crippen molar-refractivity contribution in [2.45, 2.75) is 6.92 Å². The maximum Gasteiger partial charge on any atom is 0.229 e. The number of halogens is 2. The van der Waals surface area contributed by atoms with Crippen LogP contribution in [-0.2, 0) is 10.0 Å². The highest BCUT2D eigenvalue weighted by molar-refractivity contribution is 9.10. The van der Waals surface area contributed by atoms with Crippen molar-refractivity contribution >= 4 is 43.2 Å². The predicted octanol–water partition coefficient (Wildman–Crippen LogP) is 2.87. The van der Waals surface area contributed by atoms with Gasteiger partial charge in [-0.3, -0.25) is 4.72 Å². The highest BCUT2D eigenvalue weighted by Gasteiger charge is 2.13. The van der Waals surface area contributed by atoms with Crippen molar-refractivity contribution in [3.8, 4) is 5.75 Å². The molecule has 1 aromatic rings. The highest BCUT2D eigenvalue weighted by Crippen LogP contribution is 2.36. The molecule has 16 heavy (non-hydrogen) atoms. The Hall–Kier alpha value is -0.460. The maximum absolute atomic E-state index is 11.2. The monoisotopic (exact) mass is 327 g/mol. The van der Waals surface area contributed by atoms with Crippen LogP contribution in [0.5, 0.6) is 5.75 Å². The number of rotatable bonds is 4. The Labute approximate surface area is 108 Å². The number of sulfonamides is 1. The van der Waals surface area contributed by atoms with Crippen LogP contribution in [0.1, 0.15) is 6.92 Å². The smallest absolute Gasteiger partial charge is 0.229 e. The van der Waals surface area contributed by atoms with Gasteiger partial charge >= 0.3 is 0 Å². The fraction of sp³-hybridized carbons (Fsp3) is 0.333. The number of hydrogen-bond acceptors (Lipinski definition) is 3. The van der Waals surface area contributed by atoms with Crippen molar-refractivity contribution in [2.75, 3.05) is 17.6 Å². The van der Waals surface area contributed by atoms with Crippen LogP contribution in [0, 0.1) is 0 Å². The molecule has 0 aliphatic rings. The largest absolute Gasteiger partial charge is 0.490 e. The van der Waals surface area contributed by atoms with Crippen LogP contribution in [0.3, 0.4) is 0 Å². The molecule has 0 unspecified atom stereocenters. The van der Waals surface area contributed by atoms with Crippen molar-refractivity contribution in [3.05, 3.63) is 21.6 Å². The lowest BCUT2D eigenvalue weighted by atomic mass is 10.3. The molecule has 1 N–H and O–H groups in total. The number of hydrogen-bond donors (Lipinski definition) is 1. The van der Waals surface area contributed by atoms with Gasteiger partial charge in [0.2, 0.25) is 10.0 Å². The van der Waals surface area contributed by atoms with E-state index in [4.69, 9.17) is 16.3 Å². The molecular formula is C9H11BrClNO3S. The van der Waals surface area contributed by atoms with E-state index >= 15 is 0 Å². The summed E-state index contributed by atoms with van der Waals surface area (Å²) < 4.78 is 30.6. The molecule has 90 valence electrons. The first kappa shape index (κ1) is 13.6. The van der Waals surface area contributed by atoms with E-state index in [1.807, 2.05) is 6.92 Å². The van der Waals surface area contributed by atoms with Gasteiger partial charge in [-0.05, 0) is 35.0 Å². The summed E-state index contributed by atoms with van der Waals surface area (Å²) in [5, 5.41) is 0.418. The molecule has 0 saturated heterocycles. The van der Waals surface area contributed by atoms with Gasteiger partial charge in [0.05, 0.1) is 23.0 Å². The molecule has 1 aromatic carbocycles. The Kier molecular flexibility index (Phi) is 4.46. The van der Waals surface area contributed by atoms with E-state index in [1.165, 1.54) is 6.07 Å². The number of anilines is 1. The third kappa shape index (κ3) is 3.84. The summed E-state index contributed by atoms with van der Waals surface area (Å²) >= 11 is 9.09. The fourth-order valence-corrected chi connectivity index (χ4v) is 2.60. The molecule has 0 saturated carbocycles. The van der Waals surface area contributed by atoms with E-state index in [1.54, 1.807) is 6.07 Å². The first-order valence-electron chi connectivity index (χ1n) is 4.43. The molecule has 7 heteroatoms. The van der Waals surface area contributed by atoms with Gasteiger partial charge in [0.1, 0.15) is 0 Å². The summed E-state index contributed by atoms with van der Waals surface area (Å²) in [6.07, 6.45) is 1.07. The van der Waals surface area contributed by atoms with E-state index in [-0.39, 0.29) is 0 Å². The number of benzene rings is 1. The van der Waals surface area contributed by atoms with Crippen LogP contribution in [-0.4, -0.2) is 21.3 Å². The highest BCUT2D eigenvalue weighted by atomic mass is 79.9. The summed E-state index contributed by atoms with van der Waals surface area (Å²) in [4.78, 5) is 0. The van der Waals surface area contributed by atoms with Crippen molar-refractivity contribution < 1.29 is 13.2 Å². The number of ether oxygens (including phenoxy) is 1. The third-order valence-electron chi connectivity index (χ3n) is 1.59. The topological polar surface area (TPSA) is 55.4 Å². The van der Waals surface area contributed by atoms with E-state index in [0.717, 1.165) is 6.26 Å². The summed E-state index contributed by atoms with van der Waals surface area (Å²) in [6, 6.07) is 3.14. The van der Waals surface area contributed by atoms with Gasteiger partial charge in [0.25, 0.3) is 0 Å². The SMILES string of the molecule is CCOc1c(Br)cc(Cl)cc1NS(C)(=O)=O. The van der Waals surface area contributed by atoms with Gasteiger partial charge in [-0.1, -0.05) is 11.6 Å². The maximum atomic E-state index is 11.2. The first-order chi connectivity index (χ1) is 7.33. The lowest BCUT2D eigenvalue weighted by molar-refractivity contribution is 0.340. The molecule has 0 aliphatic carbocycles. The average Bonchev–Trinajstić information content (AvgIpc) is 2.08. The minimum absolute atomic E-state index is 0.323. The Morgan fingerprint density at radius 2 is 2.12 bits per heavy atom. The molecule has 0 radical (unpaired) electrons. The quantitative estimate of drug-likeness (QED) is 0.924. The van der Waals surface area contributed by atoms with Crippen LogP contribution < -0.4 is 9.46 Å². The van der Waals surface area contributed by atoms with E-state index in [9.17, 15) is 8.42 Å². The van der Waals surface area contributed by atoms with Crippen LogP contribution in [0.15, 0.2) is 16.6 Å². The second-order valence-corrected chi connectivity index (χ2v) is 6.11. The molecule has 0 aromatic heterocycles. The summed E-state index contributed by atoms with van der Waals surface area (Å²) in [5.74, 6) is 0.428. The Morgan fingerprint density at radius 1 is 1.50 bits per heavy atom. The second kappa shape index (κ2) is 5.25. The molecule has 1 rings (SSSR count). The molecule has 0 fully saturated rings. The summed E-state index contributed by atoms with van der Waals surface area (Å²) in [7, 11) is -3.36. The molecular weight excluding hydrogens is 318 g/mol.